The number of esters is 1. The molecule has 1 saturated heterocycles. The highest BCUT2D eigenvalue weighted by molar-refractivity contribution is 7.99. The number of imidazole rings is 1. The summed E-state index contributed by atoms with van der Waals surface area (Å²) in [7, 11) is 0. The van der Waals surface area contributed by atoms with Gasteiger partial charge in [-0.25, -0.2) is 19.7 Å². The van der Waals surface area contributed by atoms with Crippen LogP contribution in [-0.4, -0.2) is 106 Å². The van der Waals surface area contributed by atoms with E-state index in [1.807, 2.05) is 0 Å². The van der Waals surface area contributed by atoms with Crippen molar-refractivity contribution in [1.82, 2.24) is 30.2 Å². The number of thioether (sulfide) groups is 1. The molecule has 21 heteroatoms. The van der Waals surface area contributed by atoms with E-state index < -0.39 is 41.0 Å². The molecule has 3 aliphatic rings. The van der Waals surface area contributed by atoms with Crippen molar-refractivity contribution in [2.24, 2.45) is 0 Å². The quantitative estimate of drug-likeness (QED) is 0.0280. The van der Waals surface area contributed by atoms with E-state index in [1.54, 1.807) is 41.0 Å². The lowest BCUT2D eigenvalue weighted by Crippen LogP contribution is -2.33. The third kappa shape index (κ3) is 8.88. The maximum absolute atomic E-state index is 13.4. The zero-order chi connectivity index (χ0) is 46.8. The van der Waals surface area contributed by atoms with Crippen LogP contribution in [0.3, 0.4) is 0 Å². The lowest BCUT2D eigenvalue weighted by atomic mass is 9.77. The maximum Gasteiger partial charge on any atom is 0.340 e. The topological polar surface area (TPSA) is 283 Å². The summed E-state index contributed by atoms with van der Waals surface area (Å²) in [5.41, 5.74) is 2.06. The third-order valence-corrected chi connectivity index (χ3v) is 12.9. The number of carbonyl (C=O) groups is 3. The number of rotatable bonds is 17. The predicted octanol–water partition coefficient (Wildman–Crippen LogP) is 4.78. The highest BCUT2D eigenvalue weighted by Gasteiger charge is 2.54. The number of phenols is 2. The number of nitro groups is 1. The molecule has 9 rings (SSSR count). The highest BCUT2D eigenvalue weighted by Crippen LogP contribution is 2.57. The van der Waals surface area contributed by atoms with Crippen molar-refractivity contribution in [3.05, 3.63) is 135 Å². The molecule has 4 aromatic carbocycles. The zero-order valence-electron chi connectivity index (χ0n) is 35.5. The summed E-state index contributed by atoms with van der Waals surface area (Å²) in [4.78, 5) is 62.6. The minimum atomic E-state index is -1.43. The van der Waals surface area contributed by atoms with E-state index >= 15 is 0 Å². The molecule has 5 heterocycles. The van der Waals surface area contributed by atoms with Gasteiger partial charge >= 0.3 is 5.97 Å². The lowest BCUT2D eigenvalue weighted by Gasteiger charge is -2.36. The van der Waals surface area contributed by atoms with E-state index in [0.29, 0.717) is 90.5 Å². The molecule has 0 unspecified atom stereocenters. The molecule has 0 aliphatic carbocycles. The number of unbranched alkanes of at least 4 members (excludes halogenated alkanes) is 2. The van der Waals surface area contributed by atoms with Gasteiger partial charge < -0.3 is 50.6 Å². The number of anilines is 1. The number of fused-ring (bicyclic) bond motifs is 7. The van der Waals surface area contributed by atoms with Crippen LogP contribution < -0.4 is 20.7 Å². The number of aliphatic hydroxyl groups is 2. The molecule has 20 nitrogen and oxygen atoms in total. The van der Waals surface area contributed by atoms with E-state index in [-0.39, 0.29) is 51.6 Å². The van der Waals surface area contributed by atoms with Gasteiger partial charge in [-0.15, -0.1) is 0 Å². The summed E-state index contributed by atoms with van der Waals surface area (Å²) < 4.78 is 19.7. The second-order valence-electron chi connectivity index (χ2n) is 16.2. The molecule has 2 aromatic heterocycles. The summed E-state index contributed by atoms with van der Waals surface area (Å²) in [5.74, 6) is 0.588. The number of benzene rings is 4. The number of non-ortho nitro benzene ring substituents is 1. The van der Waals surface area contributed by atoms with Gasteiger partial charge in [0.2, 0.25) is 5.91 Å². The summed E-state index contributed by atoms with van der Waals surface area (Å²) in [5, 5.41) is 62.0. The van der Waals surface area contributed by atoms with E-state index in [2.05, 4.69) is 30.9 Å². The molecule has 6 aromatic rings. The Labute approximate surface area is 385 Å². The van der Waals surface area contributed by atoms with Crippen LogP contribution in [0.15, 0.2) is 91.5 Å². The standard InChI is InChI=1S/C46H44N8O12S/c55-28-10-13-32-34(19-28)64-35-20-29(56)11-14-33(35)46(32)31-12-7-26(18-30(31)45(61)66-46)43(60)48-15-3-1-2-4-37(57)47-16-17-67-22-36-39(58)40(59)44(65-36)53-24-52-38-41(50-23-51-42(38)53)49-21-25-5-8-27(9-6-25)54(62)63/h5-14,18-20,23-24,36,39-40,44,55-56,58-59H,1-4,15-17,21-22H2,(H,47,57)(H,48,60)(H,49,50,51)/t36-,39-,40-,44-/m1/s1. The summed E-state index contributed by atoms with van der Waals surface area (Å²) in [6, 6.07) is 19.9. The monoisotopic (exact) mass is 932 g/mol. The van der Waals surface area contributed by atoms with Gasteiger partial charge in [-0.05, 0) is 54.8 Å². The number of nitro benzene ring substituents is 1. The Kier molecular flexibility index (Phi) is 12.6. The first-order valence-electron chi connectivity index (χ1n) is 21.4. The van der Waals surface area contributed by atoms with Crippen LogP contribution in [0, 0.1) is 10.1 Å². The van der Waals surface area contributed by atoms with Crippen molar-refractivity contribution in [3.63, 3.8) is 0 Å². The number of nitrogens with zero attached hydrogens (tertiary/aromatic N) is 5. The van der Waals surface area contributed by atoms with E-state index in [1.165, 1.54) is 66.9 Å². The maximum atomic E-state index is 13.4. The van der Waals surface area contributed by atoms with Crippen molar-refractivity contribution in [1.29, 1.82) is 0 Å². The first kappa shape index (κ1) is 44.9. The van der Waals surface area contributed by atoms with Gasteiger partial charge in [0.25, 0.3) is 11.6 Å². The number of hydrogen-bond donors (Lipinski definition) is 7. The van der Waals surface area contributed by atoms with Crippen LogP contribution in [0.4, 0.5) is 11.5 Å². The van der Waals surface area contributed by atoms with Crippen LogP contribution in [0.5, 0.6) is 23.0 Å². The molecule has 7 N–H and O–H groups in total. The summed E-state index contributed by atoms with van der Waals surface area (Å²) in [6.07, 6.45) is 0.911. The number of aromatic nitrogens is 4. The molecule has 0 radical (unpaired) electrons. The highest BCUT2D eigenvalue weighted by atomic mass is 32.2. The van der Waals surface area contributed by atoms with Gasteiger partial charge in [-0.2, -0.15) is 11.8 Å². The van der Waals surface area contributed by atoms with Crippen LogP contribution in [0.25, 0.3) is 11.2 Å². The summed E-state index contributed by atoms with van der Waals surface area (Å²) in [6.45, 7) is 1.06. The Morgan fingerprint density at radius 2 is 1.58 bits per heavy atom. The van der Waals surface area contributed by atoms with Crippen molar-refractivity contribution >= 4 is 52.2 Å². The number of nitrogens with one attached hydrogen (secondary N) is 3. The minimum Gasteiger partial charge on any atom is -0.508 e. The SMILES string of the molecule is O=C(CCCCCNC(=O)c1ccc2c(c1)C(=O)OC21c2ccc(O)cc2Oc2cc(O)ccc21)NCCSC[C@H]1O[C@@H](n2cnc3c(NCc4ccc([N+](=O)[O-])cc4)ncnc32)[C@H](O)[C@@H]1O. The molecule has 0 saturated carbocycles. The number of aromatic hydroxyl groups is 2. The minimum absolute atomic E-state index is 0.0117. The van der Waals surface area contributed by atoms with Crippen LogP contribution >= 0.6 is 11.8 Å². The second-order valence-corrected chi connectivity index (χ2v) is 17.3. The Balaban J connectivity index is 0.687. The van der Waals surface area contributed by atoms with Crippen molar-refractivity contribution in [2.45, 2.75) is 62.4 Å². The molecule has 3 aliphatic heterocycles. The zero-order valence-corrected chi connectivity index (χ0v) is 36.3. The van der Waals surface area contributed by atoms with Gasteiger partial charge in [0.15, 0.2) is 28.8 Å². The molecule has 1 spiro atoms. The molecule has 2 amide bonds. The molecular weight excluding hydrogens is 889 g/mol. The number of ether oxygens (including phenoxy) is 3. The van der Waals surface area contributed by atoms with E-state index in [0.717, 1.165) is 5.56 Å². The fourth-order valence-corrected chi connectivity index (χ4v) is 9.40. The van der Waals surface area contributed by atoms with Gasteiger partial charge in [-0.1, -0.05) is 24.6 Å². The molecule has 1 fully saturated rings. The first-order valence-corrected chi connectivity index (χ1v) is 22.6. The average Bonchev–Trinajstić information content (AvgIpc) is 3.97. The van der Waals surface area contributed by atoms with E-state index in [9.17, 15) is 44.9 Å². The van der Waals surface area contributed by atoms with Crippen molar-refractivity contribution < 1.29 is 53.9 Å². The number of amides is 2. The number of phenolic OH excluding ortho intramolecular Hbond substituents is 2. The molecule has 0 bridgehead atoms. The van der Waals surface area contributed by atoms with Gasteiger partial charge in [-0.3, -0.25) is 24.3 Å². The number of hydrogen-bond acceptors (Lipinski definition) is 17. The largest absolute Gasteiger partial charge is 0.508 e. The fraction of sp³-hybridized carbons (Fsp3) is 0.304. The molecule has 67 heavy (non-hydrogen) atoms. The van der Waals surface area contributed by atoms with Crippen LogP contribution in [-0.2, 0) is 26.4 Å². The van der Waals surface area contributed by atoms with Gasteiger partial charge in [0.05, 0.1) is 22.9 Å². The Morgan fingerprint density at radius 1 is 0.851 bits per heavy atom. The lowest BCUT2D eigenvalue weighted by molar-refractivity contribution is -0.384. The van der Waals surface area contributed by atoms with Gasteiger partial charge in [0, 0.05) is 84.1 Å². The molecular formula is C46H44N8O12S. The van der Waals surface area contributed by atoms with Crippen LogP contribution in [0.1, 0.15) is 74.9 Å². The second kappa shape index (κ2) is 18.9. The van der Waals surface area contributed by atoms with E-state index in [4.69, 9.17) is 14.2 Å². The fourth-order valence-electron chi connectivity index (χ4n) is 8.47. The van der Waals surface area contributed by atoms with Crippen LogP contribution in [0.2, 0.25) is 0 Å². The predicted molar refractivity (Wildman–Crippen MR) is 241 cm³/mol. The Hall–Kier alpha value is -7.33. The molecule has 4 atom stereocenters. The number of carbonyl (C=O) groups excluding carboxylic acids is 3. The van der Waals surface area contributed by atoms with Crippen molar-refractivity contribution in [3.8, 4) is 23.0 Å². The Bertz CT molecular complexity index is 2830. The molecule has 346 valence electrons. The first-order chi connectivity index (χ1) is 32.4. The average molecular weight is 933 g/mol. The normalized spacial score (nSPS) is 18.7. The third-order valence-electron chi connectivity index (χ3n) is 11.8. The summed E-state index contributed by atoms with van der Waals surface area (Å²) >= 11 is 1.46. The van der Waals surface area contributed by atoms with Crippen molar-refractivity contribution in [2.75, 3.05) is 29.9 Å². The Morgan fingerprint density at radius 3 is 2.31 bits per heavy atom. The number of aliphatic hydroxyl groups excluding tert-OH is 2. The smallest absolute Gasteiger partial charge is 0.340 e. The van der Waals surface area contributed by atoms with Gasteiger partial charge in [0.1, 0.15) is 41.5 Å².